The molecule has 0 spiro atoms. The highest BCUT2D eigenvalue weighted by molar-refractivity contribution is 5.93. The van der Waals surface area contributed by atoms with Gasteiger partial charge in [-0.3, -0.25) is 0 Å². The molecule has 6 nitrogen and oxygen atoms in total. The minimum Gasteiger partial charge on any atom is -0.496 e. The van der Waals surface area contributed by atoms with Gasteiger partial charge in [-0.05, 0) is 60.9 Å². The third-order valence-electron chi connectivity index (χ3n) is 6.16. The summed E-state index contributed by atoms with van der Waals surface area (Å²) in [5.74, 6) is 2.74. The number of aromatic nitrogens is 2. The summed E-state index contributed by atoms with van der Waals surface area (Å²) in [5.41, 5.74) is 4.03. The zero-order chi connectivity index (χ0) is 21.8. The predicted molar refractivity (Wildman–Crippen MR) is 124 cm³/mol. The second kappa shape index (κ2) is 9.52. The van der Waals surface area contributed by atoms with Crippen molar-refractivity contribution in [2.75, 3.05) is 26.1 Å². The number of fused-ring (bicyclic) bond motifs is 1. The summed E-state index contributed by atoms with van der Waals surface area (Å²) in [6, 6.07) is 10.3. The van der Waals surface area contributed by atoms with Crippen LogP contribution < -0.4 is 14.8 Å². The van der Waals surface area contributed by atoms with Gasteiger partial charge in [0.25, 0.3) is 0 Å². The smallest absolute Gasteiger partial charge is 0.142 e. The number of nitrogens with one attached hydrogen (secondary N) is 1. The SMILES string of the molecule is CCC(C)c1cc2c(Nc3cc(C4CCCCO4)ccc3OC)ncnc2cc1OC. The first-order chi connectivity index (χ1) is 15.1. The molecule has 0 aliphatic carbocycles. The number of rotatable bonds is 7. The molecule has 2 unspecified atom stereocenters. The first-order valence-electron chi connectivity index (χ1n) is 11.0. The van der Waals surface area contributed by atoms with Crippen molar-refractivity contribution in [1.82, 2.24) is 9.97 Å². The van der Waals surface area contributed by atoms with E-state index < -0.39 is 0 Å². The fourth-order valence-corrected chi connectivity index (χ4v) is 4.14. The first kappa shape index (κ1) is 21.4. The van der Waals surface area contributed by atoms with E-state index >= 15 is 0 Å². The maximum absolute atomic E-state index is 5.98. The maximum atomic E-state index is 5.98. The summed E-state index contributed by atoms with van der Waals surface area (Å²) in [4.78, 5) is 9.02. The molecule has 1 aliphatic heterocycles. The summed E-state index contributed by atoms with van der Waals surface area (Å²) in [6.45, 7) is 5.20. The lowest BCUT2D eigenvalue weighted by Crippen LogP contribution is -2.11. The van der Waals surface area contributed by atoms with Crippen molar-refractivity contribution in [3.05, 3.63) is 47.8 Å². The summed E-state index contributed by atoms with van der Waals surface area (Å²) < 4.78 is 17.2. The Hall–Kier alpha value is -2.86. The van der Waals surface area contributed by atoms with Crippen LogP contribution in [0.3, 0.4) is 0 Å². The van der Waals surface area contributed by atoms with Gasteiger partial charge in [0, 0.05) is 18.1 Å². The molecule has 164 valence electrons. The van der Waals surface area contributed by atoms with Crippen LogP contribution in [0, 0.1) is 0 Å². The molecule has 31 heavy (non-hydrogen) atoms. The third-order valence-corrected chi connectivity index (χ3v) is 6.16. The number of methoxy groups -OCH3 is 2. The van der Waals surface area contributed by atoms with Crippen LogP contribution >= 0.6 is 0 Å². The Morgan fingerprint density at radius 1 is 1.10 bits per heavy atom. The summed E-state index contributed by atoms with van der Waals surface area (Å²) >= 11 is 0. The quantitative estimate of drug-likeness (QED) is 0.494. The van der Waals surface area contributed by atoms with Crippen molar-refractivity contribution in [3.63, 3.8) is 0 Å². The van der Waals surface area contributed by atoms with Crippen LogP contribution in [0.5, 0.6) is 11.5 Å². The van der Waals surface area contributed by atoms with E-state index in [4.69, 9.17) is 14.2 Å². The van der Waals surface area contributed by atoms with Gasteiger partial charge in [0.2, 0.25) is 0 Å². The number of hydrogen-bond donors (Lipinski definition) is 1. The van der Waals surface area contributed by atoms with E-state index in [1.165, 1.54) is 6.42 Å². The molecule has 4 rings (SSSR count). The standard InChI is InChI=1S/C25H31N3O3/c1-5-16(2)18-13-19-20(14-24(18)30-4)26-15-27-25(19)28-21-12-17(9-10-23(21)29-3)22-8-6-7-11-31-22/h9-10,12-16,22H,5-8,11H2,1-4H3,(H,26,27,28). The Bertz CT molecular complexity index is 1050. The van der Waals surface area contributed by atoms with Crippen molar-refractivity contribution in [2.24, 2.45) is 0 Å². The summed E-state index contributed by atoms with van der Waals surface area (Å²) in [5, 5.41) is 4.45. The Kier molecular flexibility index (Phi) is 6.56. The molecule has 1 aliphatic rings. The van der Waals surface area contributed by atoms with Gasteiger partial charge in [-0.1, -0.05) is 19.9 Å². The molecule has 1 N–H and O–H groups in total. The van der Waals surface area contributed by atoms with E-state index in [0.29, 0.717) is 5.92 Å². The van der Waals surface area contributed by atoms with E-state index in [-0.39, 0.29) is 6.10 Å². The van der Waals surface area contributed by atoms with Crippen LogP contribution in [0.2, 0.25) is 0 Å². The Morgan fingerprint density at radius 3 is 2.65 bits per heavy atom. The van der Waals surface area contributed by atoms with Crippen LogP contribution in [0.1, 0.15) is 62.7 Å². The fourth-order valence-electron chi connectivity index (χ4n) is 4.14. The summed E-state index contributed by atoms with van der Waals surface area (Å²) in [6.07, 6.45) is 6.09. The van der Waals surface area contributed by atoms with Crippen LogP contribution in [-0.4, -0.2) is 30.8 Å². The lowest BCUT2D eigenvalue weighted by Gasteiger charge is -2.24. The van der Waals surface area contributed by atoms with Gasteiger partial charge in [-0.15, -0.1) is 0 Å². The van der Waals surface area contributed by atoms with Gasteiger partial charge < -0.3 is 19.5 Å². The zero-order valence-corrected chi connectivity index (χ0v) is 18.8. The van der Waals surface area contributed by atoms with Crippen molar-refractivity contribution < 1.29 is 14.2 Å². The van der Waals surface area contributed by atoms with Gasteiger partial charge in [0.15, 0.2) is 0 Å². The van der Waals surface area contributed by atoms with E-state index in [2.05, 4.69) is 47.3 Å². The van der Waals surface area contributed by atoms with Crippen molar-refractivity contribution >= 4 is 22.4 Å². The van der Waals surface area contributed by atoms with Crippen LogP contribution in [0.15, 0.2) is 36.7 Å². The zero-order valence-electron chi connectivity index (χ0n) is 18.8. The number of hydrogen-bond acceptors (Lipinski definition) is 6. The molecule has 6 heteroatoms. The molecule has 0 saturated carbocycles. The number of nitrogens with zero attached hydrogens (tertiary/aromatic N) is 2. The predicted octanol–water partition coefficient (Wildman–Crippen LogP) is 6.15. The normalized spacial score (nSPS) is 17.4. The largest absolute Gasteiger partial charge is 0.496 e. The van der Waals surface area contributed by atoms with Crippen molar-refractivity contribution in [3.8, 4) is 11.5 Å². The Balaban J connectivity index is 1.75. The lowest BCUT2D eigenvalue weighted by atomic mass is 9.96. The van der Waals surface area contributed by atoms with Crippen molar-refractivity contribution in [2.45, 2.75) is 51.6 Å². The lowest BCUT2D eigenvalue weighted by molar-refractivity contribution is 0.0150. The fraction of sp³-hybridized carbons (Fsp3) is 0.440. The van der Waals surface area contributed by atoms with Gasteiger partial charge in [-0.25, -0.2) is 9.97 Å². The highest BCUT2D eigenvalue weighted by Gasteiger charge is 2.19. The van der Waals surface area contributed by atoms with Crippen LogP contribution in [0.25, 0.3) is 10.9 Å². The molecule has 2 heterocycles. The molecule has 3 aromatic rings. The van der Waals surface area contributed by atoms with Gasteiger partial charge >= 0.3 is 0 Å². The Morgan fingerprint density at radius 2 is 1.94 bits per heavy atom. The highest BCUT2D eigenvalue weighted by Crippen LogP contribution is 2.38. The second-order valence-electron chi connectivity index (χ2n) is 8.08. The van der Waals surface area contributed by atoms with Crippen LogP contribution in [-0.2, 0) is 4.74 Å². The second-order valence-corrected chi connectivity index (χ2v) is 8.08. The molecule has 1 saturated heterocycles. The molecule has 1 fully saturated rings. The van der Waals surface area contributed by atoms with E-state index in [0.717, 1.165) is 70.9 Å². The minimum atomic E-state index is 0.128. The molecule has 0 radical (unpaired) electrons. The highest BCUT2D eigenvalue weighted by atomic mass is 16.5. The van der Waals surface area contributed by atoms with E-state index in [1.54, 1.807) is 20.5 Å². The first-order valence-corrected chi connectivity index (χ1v) is 11.0. The molecule has 2 aromatic carbocycles. The molecular weight excluding hydrogens is 390 g/mol. The third kappa shape index (κ3) is 4.44. The van der Waals surface area contributed by atoms with Crippen LogP contribution in [0.4, 0.5) is 11.5 Å². The van der Waals surface area contributed by atoms with Crippen molar-refractivity contribution in [1.29, 1.82) is 0 Å². The Labute approximate surface area is 184 Å². The monoisotopic (exact) mass is 421 g/mol. The minimum absolute atomic E-state index is 0.128. The molecule has 2 atom stereocenters. The molecule has 0 amide bonds. The summed E-state index contributed by atoms with van der Waals surface area (Å²) in [7, 11) is 3.39. The average Bonchev–Trinajstić information content (AvgIpc) is 2.83. The van der Waals surface area contributed by atoms with E-state index in [9.17, 15) is 0 Å². The number of benzene rings is 2. The van der Waals surface area contributed by atoms with Gasteiger partial charge in [-0.2, -0.15) is 0 Å². The maximum Gasteiger partial charge on any atom is 0.142 e. The average molecular weight is 422 g/mol. The van der Waals surface area contributed by atoms with Gasteiger partial charge in [0.1, 0.15) is 23.6 Å². The topological polar surface area (TPSA) is 65.5 Å². The molecule has 1 aromatic heterocycles. The molecule has 0 bridgehead atoms. The molecular formula is C25H31N3O3. The van der Waals surface area contributed by atoms with E-state index in [1.807, 2.05) is 12.1 Å². The van der Waals surface area contributed by atoms with Gasteiger partial charge in [0.05, 0.1) is 31.5 Å². The number of anilines is 2. The number of ether oxygens (including phenoxy) is 3.